The Balaban J connectivity index is 0.000000151. The summed E-state index contributed by atoms with van der Waals surface area (Å²) in [6, 6.07) is 29.4. The number of ether oxygens (including phenoxy) is 1. The Morgan fingerprint density at radius 3 is 1.56 bits per heavy atom. The monoisotopic (exact) mass is 514 g/mol. The summed E-state index contributed by atoms with van der Waals surface area (Å²) < 4.78 is 4.77. The number of carbonyl (C=O) groups excluding carboxylic acids is 4. The first kappa shape index (κ1) is 24.4. The highest BCUT2D eigenvalue weighted by Gasteiger charge is 2.52. The third-order valence-corrected chi connectivity index (χ3v) is 7.45. The lowest BCUT2D eigenvalue weighted by molar-refractivity contribution is -0.137. The topological polar surface area (TPSA) is 97.7 Å². The van der Waals surface area contributed by atoms with Crippen LogP contribution in [-0.4, -0.2) is 35.5 Å². The van der Waals surface area contributed by atoms with Crippen LogP contribution in [0.25, 0.3) is 27.8 Å². The van der Waals surface area contributed by atoms with Crippen LogP contribution >= 0.6 is 0 Å². The minimum Gasteiger partial charge on any atom is -0.465 e. The van der Waals surface area contributed by atoms with Gasteiger partial charge in [-0.05, 0) is 33.4 Å². The van der Waals surface area contributed by atoms with Gasteiger partial charge < -0.3 is 9.84 Å². The van der Waals surface area contributed by atoms with E-state index in [4.69, 9.17) is 4.74 Å². The number of aliphatic hydroxyl groups is 1. The van der Waals surface area contributed by atoms with Gasteiger partial charge in [-0.3, -0.25) is 14.4 Å². The number of fused-ring (bicyclic) bond motifs is 9. The van der Waals surface area contributed by atoms with Gasteiger partial charge in [0, 0.05) is 23.1 Å². The molecular weight excluding hydrogens is 492 g/mol. The summed E-state index contributed by atoms with van der Waals surface area (Å²) in [6.45, 7) is 0. The second-order valence-corrected chi connectivity index (χ2v) is 9.54. The molecule has 190 valence electrons. The van der Waals surface area contributed by atoms with E-state index in [1.54, 1.807) is 30.3 Å². The molecular formula is C33H22O6. The zero-order valence-electron chi connectivity index (χ0n) is 20.9. The Labute approximate surface area is 224 Å². The zero-order chi connectivity index (χ0) is 27.3. The predicted octanol–water partition coefficient (Wildman–Crippen LogP) is 5.19. The van der Waals surface area contributed by atoms with E-state index in [1.165, 1.54) is 7.11 Å². The number of benzene rings is 4. The van der Waals surface area contributed by atoms with Crippen molar-refractivity contribution in [1.82, 2.24) is 0 Å². The minimum absolute atomic E-state index is 0.0445. The molecule has 4 aromatic carbocycles. The third kappa shape index (κ3) is 3.60. The fourth-order valence-corrected chi connectivity index (χ4v) is 5.75. The van der Waals surface area contributed by atoms with E-state index in [-0.39, 0.29) is 17.8 Å². The van der Waals surface area contributed by atoms with Gasteiger partial charge >= 0.3 is 5.97 Å². The van der Waals surface area contributed by atoms with Crippen LogP contribution in [0.4, 0.5) is 0 Å². The molecule has 7 rings (SSSR count). The maximum Gasteiger partial charge on any atom is 0.341 e. The molecule has 6 heteroatoms. The van der Waals surface area contributed by atoms with Crippen LogP contribution in [0.2, 0.25) is 0 Å². The van der Waals surface area contributed by atoms with Crippen molar-refractivity contribution < 1.29 is 29.0 Å². The number of rotatable bonds is 1. The molecule has 1 atom stereocenters. The molecule has 0 amide bonds. The number of esters is 1. The van der Waals surface area contributed by atoms with Crippen molar-refractivity contribution in [1.29, 1.82) is 0 Å². The van der Waals surface area contributed by atoms with E-state index in [1.807, 2.05) is 66.7 Å². The van der Waals surface area contributed by atoms with Crippen LogP contribution < -0.4 is 0 Å². The first-order valence-corrected chi connectivity index (χ1v) is 12.4. The molecule has 0 aliphatic heterocycles. The Morgan fingerprint density at radius 2 is 1.05 bits per heavy atom. The normalized spacial score (nSPS) is 18.2. The van der Waals surface area contributed by atoms with Gasteiger partial charge in [-0.15, -0.1) is 0 Å². The van der Waals surface area contributed by atoms with Crippen molar-refractivity contribution in [2.45, 2.75) is 12.0 Å². The molecule has 0 spiro atoms. The van der Waals surface area contributed by atoms with E-state index in [0.717, 1.165) is 22.3 Å². The average Bonchev–Trinajstić information content (AvgIpc) is 3.27. The average molecular weight is 515 g/mol. The van der Waals surface area contributed by atoms with Crippen LogP contribution in [0.5, 0.6) is 0 Å². The Bertz CT molecular complexity index is 1710. The molecule has 0 heterocycles. The molecule has 0 bridgehead atoms. The predicted molar refractivity (Wildman–Crippen MR) is 145 cm³/mol. The summed E-state index contributed by atoms with van der Waals surface area (Å²) in [4.78, 5) is 48.2. The minimum atomic E-state index is -1.48. The maximum absolute atomic E-state index is 12.4. The van der Waals surface area contributed by atoms with Crippen LogP contribution in [0, 0.1) is 0 Å². The smallest absolute Gasteiger partial charge is 0.341 e. The van der Waals surface area contributed by atoms with E-state index in [9.17, 15) is 24.3 Å². The molecule has 6 nitrogen and oxygen atoms in total. The SMILES string of the molecule is COC(=O)C1=C2c3ccccc3-c3ccccc3C2(O)CC1=O.O=C1C(=O)c2ccccc2-c2ccccc21. The lowest BCUT2D eigenvalue weighted by atomic mass is 9.73. The molecule has 0 fully saturated rings. The molecule has 0 saturated carbocycles. The highest BCUT2D eigenvalue weighted by Crippen LogP contribution is 2.55. The molecule has 1 unspecified atom stereocenters. The lowest BCUT2D eigenvalue weighted by Crippen LogP contribution is -2.29. The van der Waals surface area contributed by atoms with Gasteiger partial charge in [0.25, 0.3) is 0 Å². The molecule has 0 aromatic heterocycles. The summed E-state index contributed by atoms with van der Waals surface area (Å²) in [7, 11) is 1.24. The first-order chi connectivity index (χ1) is 18.9. The van der Waals surface area contributed by atoms with Crippen molar-refractivity contribution in [3.63, 3.8) is 0 Å². The van der Waals surface area contributed by atoms with Crippen molar-refractivity contribution in [3.8, 4) is 22.3 Å². The van der Waals surface area contributed by atoms with E-state index >= 15 is 0 Å². The van der Waals surface area contributed by atoms with Crippen molar-refractivity contribution in [2.75, 3.05) is 7.11 Å². The van der Waals surface area contributed by atoms with Gasteiger partial charge in [0.05, 0.1) is 7.11 Å². The maximum atomic E-state index is 12.4. The number of ketones is 3. The number of hydrogen-bond donors (Lipinski definition) is 1. The number of methoxy groups -OCH3 is 1. The number of Topliss-reactive ketones (excluding diaryl/α,β-unsaturated/α-hetero) is 3. The van der Waals surface area contributed by atoms with E-state index in [0.29, 0.717) is 27.8 Å². The molecule has 3 aliphatic rings. The Hall–Kier alpha value is -4.94. The largest absolute Gasteiger partial charge is 0.465 e. The van der Waals surface area contributed by atoms with Gasteiger partial charge in [-0.2, -0.15) is 0 Å². The number of carbonyl (C=O) groups is 4. The quantitative estimate of drug-likeness (QED) is 0.213. The second-order valence-electron chi connectivity index (χ2n) is 9.54. The summed E-state index contributed by atoms with van der Waals surface area (Å²) in [5.74, 6) is -1.90. The highest BCUT2D eigenvalue weighted by molar-refractivity contribution is 6.53. The molecule has 0 radical (unpaired) electrons. The van der Waals surface area contributed by atoms with Crippen LogP contribution in [0.3, 0.4) is 0 Å². The third-order valence-electron chi connectivity index (χ3n) is 7.45. The standard InChI is InChI=1S/C19H14O4.C14H8O2/c1-23-18(21)16-15(20)10-19(22)14-9-5-4-7-12(14)11-6-2-3-8-13(11)17(16)19;15-13-11-7-3-1-5-9(11)10-6-2-4-8-12(10)14(13)16/h2-9,22H,10H2,1H3;1-8H. The van der Waals surface area contributed by atoms with Gasteiger partial charge in [-0.25, -0.2) is 4.79 Å². The summed E-state index contributed by atoms with van der Waals surface area (Å²) in [5.41, 5.74) is 4.70. The Morgan fingerprint density at radius 1 is 0.641 bits per heavy atom. The van der Waals surface area contributed by atoms with Crippen LogP contribution in [0.15, 0.2) is 103 Å². The molecule has 0 saturated heterocycles. The van der Waals surface area contributed by atoms with Crippen LogP contribution in [-0.2, 0) is 19.9 Å². The van der Waals surface area contributed by atoms with Crippen LogP contribution in [0.1, 0.15) is 38.3 Å². The first-order valence-electron chi connectivity index (χ1n) is 12.4. The molecule has 3 aliphatic carbocycles. The summed E-state index contributed by atoms with van der Waals surface area (Å²) >= 11 is 0. The second kappa shape index (κ2) is 9.11. The number of hydrogen-bond acceptors (Lipinski definition) is 6. The Kier molecular flexibility index (Phi) is 5.70. The highest BCUT2D eigenvalue weighted by atomic mass is 16.5. The van der Waals surface area contributed by atoms with Crippen molar-refractivity contribution in [3.05, 3.63) is 125 Å². The summed E-state index contributed by atoms with van der Waals surface area (Å²) in [5, 5.41) is 11.3. The van der Waals surface area contributed by atoms with Gasteiger partial charge in [0.15, 0.2) is 5.78 Å². The molecule has 1 N–H and O–H groups in total. The van der Waals surface area contributed by atoms with Gasteiger partial charge in [0.1, 0.15) is 11.2 Å². The molecule has 39 heavy (non-hydrogen) atoms. The summed E-state index contributed by atoms with van der Waals surface area (Å²) in [6.07, 6.45) is -0.141. The molecule has 4 aromatic rings. The van der Waals surface area contributed by atoms with E-state index in [2.05, 4.69) is 0 Å². The zero-order valence-corrected chi connectivity index (χ0v) is 20.9. The van der Waals surface area contributed by atoms with E-state index < -0.39 is 23.1 Å². The fourth-order valence-electron chi connectivity index (χ4n) is 5.75. The van der Waals surface area contributed by atoms with Gasteiger partial charge in [-0.1, -0.05) is 97.1 Å². The van der Waals surface area contributed by atoms with Crippen molar-refractivity contribution in [2.24, 2.45) is 0 Å². The van der Waals surface area contributed by atoms with Gasteiger partial charge in [0.2, 0.25) is 11.6 Å². The fraction of sp³-hybridized carbons (Fsp3) is 0.0909. The lowest BCUT2D eigenvalue weighted by Gasteiger charge is -2.34. The van der Waals surface area contributed by atoms with Crippen molar-refractivity contribution >= 4 is 28.9 Å².